The SMILES string of the molecule is CC\C=C/C=C\C=C/C=C\C=C\C=C/CCCCCC(=O)OCC(COC(=O)CCCCCCC\C=C/C=C\C=C/C=C\C=C/CCC)OC(=O)CCCCCCCCCCCCCCCCCCCC. The van der Waals surface area contributed by atoms with Crippen molar-refractivity contribution in [2.24, 2.45) is 0 Å². The number of hydrogen-bond acceptors (Lipinski definition) is 6. The highest BCUT2D eigenvalue weighted by atomic mass is 16.6. The number of ether oxygens (including phenoxy) is 3. The molecule has 0 heterocycles. The van der Waals surface area contributed by atoms with E-state index < -0.39 is 6.10 Å². The molecule has 6 heteroatoms. The van der Waals surface area contributed by atoms with Crippen LogP contribution >= 0.6 is 0 Å². The van der Waals surface area contributed by atoms with Crippen molar-refractivity contribution >= 4 is 17.9 Å². The highest BCUT2D eigenvalue weighted by Crippen LogP contribution is 2.16. The van der Waals surface area contributed by atoms with Crippen LogP contribution in [0.5, 0.6) is 0 Å². The Morgan fingerprint density at radius 2 is 0.577 bits per heavy atom. The zero-order chi connectivity index (χ0) is 51.4. The predicted octanol–water partition coefficient (Wildman–Crippen LogP) is 19.4. The molecule has 6 nitrogen and oxygen atoms in total. The summed E-state index contributed by atoms with van der Waals surface area (Å²) in [7, 11) is 0. The summed E-state index contributed by atoms with van der Waals surface area (Å²) >= 11 is 0. The minimum absolute atomic E-state index is 0.109. The van der Waals surface area contributed by atoms with Crippen LogP contribution in [0.25, 0.3) is 0 Å². The largest absolute Gasteiger partial charge is 0.462 e. The average Bonchev–Trinajstić information content (AvgIpc) is 3.37. The maximum Gasteiger partial charge on any atom is 0.306 e. The third kappa shape index (κ3) is 56.3. The molecule has 0 aliphatic carbocycles. The van der Waals surface area contributed by atoms with E-state index in [2.05, 4.69) is 69.4 Å². The molecule has 0 fully saturated rings. The van der Waals surface area contributed by atoms with Crippen LogP contribution in [-0.4, -0.2) is 37.2 Å². The first-order chi connectivity index (χ1) is 35.0. The van der Waals surface area contributed by atoms with E-state index in [9.17, 15) is 14.4 Å². The van der Waals surface area contributed by atoms with Crippen LogP contribution in [0.3, 0.4) is 0 Å². The fraction of sp³-hybridized carbons (Fsp3) is 0.615. The fourth-order valence-electron chi connectivity index (χ4n) is 7.62. The molecular weight excluding hydrogens is 877 g/mol. The van der Waals surface area contributed by atoms with Gasteiger partial charge in [-0.3, -0.25) is 14.4 Å². The topological polar surface area (TPSA) is 78.9 Å². The minimum Gasteiger partial charge on any atom is -0.462 e. The summed E-state index contributed by atoms with van der Waals surface area (Å²) in [5.41, 5.74) is 0. The molecule has 0 amide bonds. The monoisotopic (exact) mass is 981 g/mol. The molecule has 0 aromatic rings. The summed E-state index contributed by atoms with van der Waals surface area (Å²) < 4.78 is 16.8. The second-order valence-electron chi connectivity index (χ2n) is 18.7. The van der Waals surface area contributed by atoms with Crippen molar-refractivity contribution in [2.45, 2.75) is 245 Å². The van der Waals surface area contributed by atoms with Gasteiger partial charge in [0.25, 0.3) is 0 Å². The smallest absolute Gasteiger partial charge is 0.306 e. The van der Waals surface area contributed by atoms with Crippen molar-refractivity contribution in [1.29, 1.82) is 0 Å². The normalized spacial score (nSPS) is 13.1. The second-order valence-corrected chi connectivity index (χ2v) is 18.7. The maximum atomic E-state index is 12.9. The lowest BCUT2D eigenvalue weighted by atomic mass is 10.0. The van der Waals surface area contributed by atoms with Crippen LogP contribution in [-0.2, 0) is 28.6 Å². The lowest BCUT2D eigenvalue weighted by Gasteiger charge is -2.18. The molecule has 400 valence electrons. The Labute approximate surface area is 436 Å². The Bertz CT molecular complexity index is 1550. The molecule has 0 saturated carbocycles. The fourth-order valence-corrected chi connectivity index (χ4v) is 7.62. The lowest BCUT2D eigenvalue weighted by Crippen LogP contribution is -2.30. The van der Waals surface area contributed by atoms with E-state index in [0.717, 1.165) is 96.3 Å². The zero-order valence-corrected chi connectivity index (χ0v) is 45.7. The zero-order valence-electron chi connectivity index (χ0n) is 45.7. The number of unbranched alkanes of at least 4 members (excludes halogenated alkanes) is 26. The molecule has 0 rings (SSSR count). The average molecular weight is 982 g/mol. The summed E-state index contributed by atoms with van der Waals surface area (Å²) in [5, 5.41) is 0. The second kappa shape index (κ2) is 58.1. The van der Waals surface area contributed by atoms with Crippen molar-refractivity contribution in [2.75, 3.05) is 13.2 Å². The first-order valence-corrected chi connectivity index (χ1v) is 28.8. The Morgan fingerprint density at radius 3 is 0.930 bits per heavy atom. The van der Waals surface area contributed by atoms with E-state index >= 15 is 0 Å². The molecule has 0 aromatic heterocycles. The maximum absolute atomic E-state index is 12.9. The van der Waals surface area contributed by atoms with Crippen molar-refractivity contribution in [3.8, 4) is 0 Å². The van der Waals surface area contributed by atoms with E-state index in [-0.39, 0.29) is 31.1 Å². The molecule has 0 bridgehead atoms. The van der Waals surface area contributed by atoms with Crippen molar-refractivity contribution in [3.63, 3.8) is 0 Å². The highest BCUT2D eigenvalue weighted by Gasteiger charge is 2.19. The number of rotatable bonds is 50. The molecule has 0 N–H and O–H groups in total. The van der Waals surface area contributed by atoms with Crippen LogP contribution in [0.2, 0.25) is 0 Å². The summed E-state index contributed by atoms with van der Waals surface area (Å²) in [5.74, 6) is -0.975. The van der Waals surface area contributed by atoms with Gasteiger partial charge in [0.2, 0.25) is 0 Å². The molecule has 0 radical (unpaired) electrons. The molecule has 0 spiro atoms. The lowest BCUT2D eigenvalue weighted by molar-refractivity contribution is -0.167. The predicted molar refractivity (Wildman–Crippen MR) is 306 cm³/mol. The standard InChI is InChI=1S/C65H104O6/c1-4-7-10-13-16-19-22-25-28-31-34-37-40-43-46-49-52-55-58-64(67)70-61-62(60-69-63(66)57-54-51-48-45-42-39-36-33-30-27-24-21-18-15-12-9-6-3)71-65(68)59-56-53-50-47-44-41-38-35-32-29-26-23-20-17-14-11-8-5-2/h9-10,12-13,15-16,18-19,21-22,24-25,27-28,30-31,33-34,36-37,39,42,62H,4-8,11,14,17,20,23,26,29,32,35,38,40-41,43-61H2,1-3H3/b12-9-,13-10-,18-15-,19-16-,24-21-,25-22-,30-27-,31-28-,36-33+,37-34-,42-39-. The first kappa shape index (κ1) is 66.6. The van der Waals surface area contributed by atoms with Crippen molar-refractivity contribution < 1.29 is 28.6 Å². The van der Waals surface area contributed by atoms with Crippen LogP contribution < -0.4 is 0 Å². The van der Waals surface area contributed by atoms with Gasteiger partial charge in [-0.15, -0.1) is 0 Å². The van der Waals surface area contributed by atoms with Gasteiger partial charge in [0.1, 0.15) is 13.2 Å². The summed E-state index contributed by atoms with van der Waals surface area (Å²) in [4.78, 5) is 38.2. The van der Waals surface area contributed by atoms with Gasteiger partial charge in [-0.05, 0) is 57.8 Å². The summed E-state index contributed by atoms with van der Waals surface area (Å²) in [6.45, 7) is 6.35. The summed E-state index contributed by atoms with van der Waals surface area (Å²) in [6.07, 6.45) is 81.4. The number of allylic oxidation sites excluding steroid dienone is 22. The highest BCUT2D eigenvalue weighted by molar-refractivity contribution is 5.71. The van der Waals surface area contributed by atoms with Gasteiger partial charge in [0.05, 0.1) is 0 Å². The Kier molecular flexibility index (Phi) is 54.5. The number of esters is 3. The number of carbonyl (C=O) groups is 3. The molecule has 0 aliphatic heterocycles. The van der Waals surface area contributed by atoms with E-state index in [0.29, 0.717) is 19.3 Å². The Hall–Kier alpha value is -4.45. The third-order valence-corrected chi connectivity index (χ3v) is 11.9. The van der Waals surface area contributed by atoms with Crippen LogP contribution in [0.15, 0.2) is 134 Å². The van der Waals surface area contributed by atoms with Gasteiger partial charge in [0, 0.05) is 19.3 Å². The molecular formula is C65H104O6. The van der Waals surface area contributed by atoms with Crippen molar-refractivity contribution in [1.82, 2.24) is 0 Å². The Morgan fingerprint density at radius 1 is 0.296 bits per heavy atom. The van der Waals surface area contributed by atoms with Gasteiger partial charge < -0.3 is 14.2 Å². The van der Waals surface area contributed by atoms with E-state index in [1.54, 1.807) is 0 Å². The molecule has 0 aromatic carbocycles. The van der Waals surface area contributed by atoms with E-state index in [4.69, 9.17) is 14.2 Å². The van der Waals surface area contributed by atoms with E-state index in [1.165, 1.54) is 103 Å². The van der Waals surface area contributed by atoms with Crippen LogP contribution in [0, 0.1) is 0 Å². The van der Waals surface area contributed by atoms with E-state index in [1.807, 2.05) is 85.1 Å². The van der Waals surface area contributed by atoms with Gasteiger partial charge in [-0.2, -0.15) is 0 Å². The summed E-state index contributed by atoms with van der Waals surface area (Å²) in [6, 6.07) is 0. The first-order valence-electron chi connectivity index (χ1n) is 28.8. The molecule has 1 unspecified atom stereocenters. The molecule has 71 heavy (non-hydrogen) atoms. The van der Waals surface area contributed by atoms with Gasteiger partial charge in [0.15, 0.2) is 6.10 Å². The van der Waals surface area contributed by atoms with Crippen LogP contribution in [0.1, 0.15) is 239 Å². The molecule has 0 aliphatic rings. The van der Waals surface area contributed by atoms with Gasteiger partial charge in [-0.25, -0.2) is 0 Å². The molecule has 1 atom stereocenters. The van der Waals surface area contributed by atoms with Gasteiger partial charge >= 0.3 is 17.9 Å². The number of hydrogen-bond donors (Lipinski definition) is 0. The third-order valence-electron chi connectivity index (χ3n) is 11.9. The van der Waals surface area contributed by atoms with Gasteiger partial charge in [-0.1, -0.05) is 296 Å². The molecule has 0 saturated heterocycles. The number of carbonyl (C=O) groups excluding carboxylic acids is 3. The van der Waals surface area contributed by atoms with Crippen LogP contribution in [0.4, 0.5) is 0 Å². The Balaban J connectivity index is 4.53. The van der Waals surface area contributed by atoms with Crippen molar-refractivity contribution in [3.05, 3.63) is 134 Å². The minimum atomic E-state index is -0.812. The quantitative estimate of drug-likeness (QED) is 0.0262.